The molecule has 0 amide bonds. The van der Waals surface area contributed by atoms with Gasteiger partial charge in [0.05, 0.1) is 11.7 Å². The Morgan fingerprint density at radius 1 is 1.17 bits per heavy atom. The van der Waals surface area contributed by atoms with E-state index in [0.717, 1.165) is 34.0 Å². The van der Waals surface area contributed by atoms with E-state index in [1.807, 2.05) is 44.2 Å². The van der Waals surface area contributed by atoms with Crippen LogP contribution in [-0.4, -0.2) is 26.9 Å². The Morgan fingerprint density at radius 2 is 1.91 bits per heavy atom. The molecule has 1 unspecified atom stereocenters. The van der Waals surface area contributed by atoms with Gasteiger partial charge in [-0.25, -0.2) is 0 Å². The highest BCUT2D eigenvalue weighted by atomic mass is 35.5. The first-order valence-corrected chi connectivity index (χ1v) is 7.74. The molecule has 120 valence electrons. The number of nitrogens with zero attached hydrogens (tertiary/aromatic N) is 2. The first-order chi connectivity index (χ1) is 11.0. The van der Waals surface area contributed by atoms with Gasteiger partial charge in [-0.15, -0.1) is 0 Å². The van der Waals surface area contributed by atoms with Crippen LogP contribution in [0.2, 0.25) is 5.02 Å². The molecule has 6 nitrogen and oxygen atoms in total. The zero-order valence-electron chi connectivity index (χ0n) is 13.0. The fraction of sp³-hybridized carbons (Fsp3) is 0.250. The Morgan fingerprint density at radius 3 is 2.57 bits per heavy atom. The number of aryl methyl sites for hydroxylation is 2. The summed E-state index contributed by atoms with van der Waals surface area (Å²) < 4.78 is 0. The van der Waals surface area contributed by atoms with Gasteiger partial charge < -0.3 is 11.1 Å². The third-order valence-corrected chi connectivity index (χ3v) is 3.92. The van der Waals surface area contributed by atoms with Gasteiger partial charge in [0.25, 0.3) is 0 Å². The van der Waals surface area contributed by atoms with E-state index >= 15 is 0 Å². The van der Waals surface area contributed by atoms with Crippen molar-refractivity contribution in [2.75, 3.05) is 11.9 Å². The first-order valence-electron chi connectivity index (χ1n) is 7.37. The molecular weight excluding hydrogens is 312 g/mol. The molecule has 5 N–H and O–H groups in total. The van der Waals surface area contributed by atoms with Gasteiger partial charge in [-0.05, 0) is 31.5 Å². The molecule has 0 saturated heterocycles. The van der Waals surface area contributed by atoms with Gasteiger partial charge in [0.15, 0.2) is 0 Å². The molecule has 2 aromatic heterocycles. The van der Waals surface area contributed by atoms with Crippen molar-refractivity contribution in [1.29, 1.82) is 0 Å². The smallest absolute Gasteiger partial charge is 0.148 e. The third-order valence-electron chi connectivity index (χ3n) is 3.67. The minimum absolute atomic E-state index is 0.261. The SMILES string of the molecule is Cc1cc(NCC(N)c2n[nH]c(C)c2-c2ccc(Cl)cc2)n[nH]1. The van der Waals surface area contributed by atoms with Crippen molar-refractivity contribution in [3.05, 3.63) is 52.4 Å². The number of hydrogen-bond donors (Lipinski definition) is 4. The maximum atomic E-state index is 6.32. The quantitative estimate of drug-likeness (QED) is 0.577. The van der Waals surface area contributed by atoms with Gasteiger partial charge >= 0.3 is 0 Å². The molecule has 1 aromatic carbocycles. The molecular formula is C16H19ClN6. The number of anilines is 1. The van der Waals surface area contributed by atoms with Crippen molar-refractivity contribution in [2.24, 2.45) is 5.73 Å². The molecule has 0 bridgehead atoms. The maximum Gasteiger partial charge on any atom is 0.148 e. The zero-order chi connectivity index (χ0) is 16.4. The van der Waals surface area contributed by atoms with Crippen LogP contribution >= 0.6 is 11.6 Å². The molecule has 0 aliphatic heterocycles. The topological polar surface area (TPSA) is 95.4 Å². The fourth-order valence-corrected chi connectivity index (χ4v) is 2.64. The molecule has 3 aromatic rings. The van der Waals surface area contributed by atoms with Crippen molar-refractivity contribution in [2.45, 2.75) is 19.9 Å². The molecule has 0 radical (unpaired) electrons. The van der Waals surface area contributed by atoms with Crippen LogP contribution in [0.3, 0.4) is 0 Å². The normalized spacial score (nSPS) is 12.3. The fourth-order valence-electron chi connectivity index (χ4n) is 2.52. The molecule has 3 rings (SSSR count). The Balaban J connectivity index is 1.81. The monoisotopic (exact) mass is 330 g/mol. The lowest BCUT2D eigenvalue weighted by Crippen LogP contribution is -2.21. The van der Waals surface area contributed by atoms with E-state index in [-0.39, 0.29) is 6.04 Å². The zero-order valence-corrected chi connectivity index (χ0v) is 13.8. The number of hydrogen-bond acceptors (Lipinski definition) is 4. The number of nitrogens with one attached hydrogen (secondary N) is 3. The second-order valence-electron chi connectivity index (χ2n) is 5.54. The van der Waals surface area contributed by atoms with Gasteiger partial charge in [-0.3, -0.25) is 10.2 Å². The molecule has 0 aliphatic rings. The van der Waals surface area contributed by atoms with Crippen LogP contribution in [0.5, 0.6) is 0 Å². The number of rotatable bonds is 5. The van der Waals surface area contributed by atoms with Gasteiger partial charge in [-0.2, -0.15) is 10.2 Å². The van der Waals surface area contributed by atoms with Crippen molar-refractivity contribution in [3.8, 4) is 11.1 Å². The van der Waals surface area contributed by atoms with Crippen molar-refractivity contribution in [3.63, 3.8) is 0 Å². The highest BCUT2D eigenvalue weighted by molar-refractivity contribution is 6.30. The Labute approximate surface area is 139 Å². The summed E-state index contributed by atoms with van der Waals surface area (Å²) in [6, 6.07) is 9.35. The predicted octanol–water partition coefficient (Wildman–Crippen LogP) is 3.18. The lowest BCUT2D eigenvalue weighted by Gasteiger charge is -2.13. The van der Waals surface area contributed by atoms with E-state index in [1.165, 1.54) is 0 Å². The van der Waals surface area contributed by atoms with Crippen LogP contribution in [0.4, 0.5) is 5.82 Å². The summed E-state index contributed by atoms with van der Waals surface area (Å²) >= 11 is 5.97. The van der Waals surface area contributed by atoms with E-state index in [9.17, 15) is 0 Å². The summed E-state index contributed by atoms with van der Waals surface area (Å²) in [5.41, 5.74) is 11.2. The first kappa shape index (κ1) is 15.6. The third kappa shape index (κ3) is 3.38. The van der Waals surface area contributed by atoms with E-state index < -0.39 is 0 Å². The lowest BCUT2D eigenvalue weighted by molar-refractivity contribution is 0.728. The molecule has 7 heteroatoms. The van der Waals surface area contributed by atoms with Crippen LogP contribution in [0.25, 0.3) is 11.1 Å². The molecule has 23 heavy (non-hydrogen) atoms. The number of nitrogens with two attached hydrogens (primary N) is 1. The van der Waals surface area contributed by atoms with E-state index in [2.05, 4.69) is 25.7 Å². The summed E-state index contributed by atoms with van der Waals surface area (Å²) in [6.07, 6.45) is 0. The minimum Gasteiger partial charge on any atom is -0.367 e. The number of benzene rings is 1. The predicted molar refractivity (Wildman–Crippen MR) is 92.5 cm³/mol. The van der Waals surface area contributed by atoms with Crippen molar-refractivity contribution < 1.29 is 0 Å². The summed E-state index contributed by atoms with van der Waals surface area (Å²) in [5, 5.41) is 18.4. The van der Waals surface area contributed by atoms with E-state index in [0.29, 0.717) is 11.6 Å². The van der Waals surface area contributed by atoms with Gasteiger partial charge in [0.2, 0.25) is 0 Å². The average Bonchev–Trinajstić information content (AvgIpc) is 3.12. The molecule has 0 aliphatic carbocycles. The molecule has 1 atom stereocenters. The summed E-state index contributed by atoms with van der Waals surface area (Å²) in [6.45, 7) is 4.47. The van der Waals surface area contributed by atoms with E-state index in [1.54, 1.807) is 0 Å². The van der Waals surface area contributed by atoms with Crippen LogP contribution in [-0.2, 0) is 0 Å². The minimum atomic E-state index is -0.261. The maximum absolute atomic E-state index is 6.32. The summed E-state index contributed by atoms with van der Waals surface area (Å²) in [5.74, 6) is 0.776. The van der Waals surface area contributed by atoms with Crippen LogP contribution in [0.15, 0.2) is 30.3 Å². The van der Waals surface area contributed by atoms with Crippen LogP contribution < -0.4 is 11.1 Å². The average molecular weight is 331 g/mol. The van der Waals surface area contributed by atoms with Crippen molar-refractivity contribution >= 4 is 17.4 Å². The van der Waals surface area contributed by atoms with Gasteiger partial charge in [0.1, 0.15) is 5.82 Å². The Kier molecular flexibility index (Phi) is 4.36. The van der Waals surface area contributed by atoms with Crippen LogP contribution in [0, 0.1) is 13.8 Å². The largest absolute Gasteiger partial charge is 0.367 e. The summed E-state index contributed by atoms with van der Waals surface area (Å²) in [4.78, 5) is 0. The second-order valence-corrected chi connectivity index (χ2v) is 5.98. The number of H-pyrrole nitrogens is 2. The number of halogens is 1. The molecule has 2 heterocycles. The molecule has 0 spiro atoms. The summed E-state index contributed by atoms with van der Waals surface area (Å²) in [7, 11) is 0. The molecule has 0 fully saturated rings. The highest BCUT2D eigenvalue weighted by Gasteiger charge is 2.18. The Bertz CT molecular complexity index is 789. The second kappa shape index (κ2) is 6.44. The Hall–Kier alpha value is -2.31. The lowest BCUT2D eigenvalue weighted by atomic mass is 10.00. The van der Waals surface area contributed by atoms with Crippen LogP contribution in [0.1, 0.15) is 23.1 Å². The van der Waals surface area contributed by atoms with E-state index in [4.69, 9.17) is 17.3 Å². The van der Waals surface area contributed by atoms with Gasteiger partial charge in [0, 0.05) is 34.6 Å². The standard InChI is InChI=1S/C16H19ClN6/c1-9-7-14(22-20-9)19-8-13(18)16-15(10(2)21-23-16)11-3-5-12(17)6-4-11/h3-7,13H,8,18H2,1-2H3,(H,21,23)(H2,19,20,22). The highest BCUT2D eigenvalue weighted by Crippen LogP contribution is 2.29. The van der Waals surface area contributed by atoms with Gasteiger partial charge in [-0.1, -0.05) is 23.7 Å². The molecule has 0 saturated carbocycles. The van der Waals surface area contributed by atoms with Crippen molar-refractivity contribution in [1.82, 2.24) is 20.4 Å². The number of aromatic amines is 2. The number of aromatic nitrogens is 4.